The van der Waals surface area contributed by atoms with Crippen molar-refractivity contribution in [2.24, 2.45) is 63.4 Å². The normalized spacial score (nSPS) is 14.5. The van der Waals surface area contributed by atoms with E-state index in [-0.39, 0.29) is 91.9 Å². The number of hydrogen-bond acceptors (Lipinski definition) is 10. The lowest BCUT2D eigenvalue weighted by atomic mass is 9.86. The third-order valence-electron chi connectivity index (χ3n) is 11.4. The Morgan fingerprint density at radius 2 is 1.11 bits per heavy atom. The number of aromatic hydroxyl groups is 1. The second kappa shape index (κ2) is 29.0. The molecule has 0 aliphatic carbocycles. The van der Waals surface area contributed by atoms with Crippen LogP contribution in [0.25, 0.3) is 0 Å². The number of carbonyl (C=O) groups is 7. The third kappa shape index (κ3) is 21.7. The molecule has 0 bridgehead atoms. The molecule has 0 saturated heterocycles. The summed E-state index contributed by atoms with van der Waals surface area (Å²) in [4.78, 5) is 99.7. The maximum absolute atomic E-state index is 14.3. The Morgan fingerprint density at radius 3 is 1.69 bits per heavy atom. The largest absolute Gasteiger partial charge is 0.508 e. The molecule has 0 radical (unpaired) electrons. The summed E-state index contributed by atoms with van der Waals surface area (Å²) in [7, 11) is 0. The first-order chi connectivity index (χ1) is 30.7. The molecule has 0 fully saturated rings. The monoisotopic (exact) mass is 905 g/mol. The molecular weight excluding hydrogens is 829 g/mol. The molecular formula is C49H76N8O8. The van der Waals surface area contributed by atoms with Gasteiger partial charge in [0.05, 0.1) is 18.1 Å². The van der Waals surface area contributed by atoms with E-state index in [4.69, 9.17) is 22.9 Å². The fourth-order valence-corrected chi connectivity index (χ4v) is 7.65. The Balaban J connectivity index is 2.36. The van der Waals surface area contributed by atoms with Crippen LogP contribution < -0.4 is 38.9 Å². The maximum Gasteiger partial charge on any atom is 0.224 e. The summed E-state index contributed by atoms with van der Waals surface area (Å²) >= 11 is 0. The average molecular weight is 905 g/mol. The van der Waals surface area contributed by atoms with Gasteiger partial charge in [0.15, 0.2) is 23.3 Å². The van der Waals surface area contributed by atoms with Crippen molar-refractivity contribution in [3.8, 4) is 5.75 Å². The molecule has 360 valence electrons. The van der Waals surface area contributed by atoms with Gasteiger partial charge in [-0.15, -0.1) is 0 Å². The first-order valence-corrected chi connectivity index (χ1v) is 23.1. The van der Waals surface area contributed by atoms with Gasteiger partial charge in [-0.3, -0.25) is 38.6 Å². The van der Waals surface area contributed by atoms with Gasteiger partial charge in [0.2, 0.25) is 23.6 Å². The van der Waals surface area contributed by atoms with Crippen molar-refractivity contribution in [2.45, 2.75) is 137 Å². The summed E-state index contributed by atoms with van der Waals surface area (Å²) in [6.45, 7) is 11.6. The molecule has 0 spiro atoms. The number of phenols is 1. The standard InChI is InChI=1S/C49H76N8O8/c1-30(2)23-37(48(65)57-41(27-34-13-8-7-9-14-34)42(59)26-32(5)45(51)62)29-44(61)40(24-31(3)4)56-47(64)36(15-10-11-21-50)28-43(60)39(16-12-22-54-49(52)53)55-46(63)33(6)25-35-17-19-38(58)20-18-35/h7-9,13-14,17-20,30-33,36-37,39-41,58H,10-12,15-16,21-29,50H2,1-6H3,(H2,51,62)(H,55,63)(H,56,64)(H,57,65)(H4,52,53,54)/t32-,33+,36-,37-,39+,40+,41+/m1/s1. The summed E-state index contributed by atoms with van der Waals surface area (Å²) in [6.07, 6.45) is 2.54. The van der Waals surface area contributed by atoms with Gasteiger partial charge in [-0.2, -0.15) is 0 Å². The molecule has 4 amide bonds. The minimum absolute atomic E-state index is 0.00325. The number of nitrogens with zero attached hydrogens (tertiary/aromatic N) is 1. The molecule has 2 rings (SSSR count). The Bertz CT molecular complexity index is 1870. The van der Waals surface area contributed by atoms with Crippen LogP contribution in [0.2, 0.25) is 0 Å². The van der Waals surface area contributed by atoms with Gasteiger partial charge < -0.3 is 44.0 Å². The molecule has 12 N–H and O–H groups in total. The van der Waals surface area contributed by atoms with E-state index in [1.165, 1.54) is 12.1 Å². The highest BCUT2D eigenvalue weighted by molar-refractivity contribution is 5.97. The number of aliphatic imine (C=N–C) groups is 1. The number of amides is 4. The van der Waals surface area contributed by atoms with Crippen molar-refractivity contribution < 1.29 is 38.7 Å². The van der Waals surface area contributed by atoms with Crippen LogP contribution in [0.3, 0.4) is 0 Å². The second-order valence-corrected chi connectivity index (χ2v) is 18.3. The van der Waals surface area contributed by atoms with Crippen molar-refractivity contribution in [3.05, 3.63) is 65.7 Å². The number of unbranched alkanes of at least 4 members (excludes halogenated alkanes) is 1. The SMILES string of the molecule is CC(C)C[C@H](CC(=O)[C@H](CC(C)C)NC(=O)[C@H](CCCCN)CC(=O)[C@H](CCCN=C(N)N)NC(=O)[C@@H](C)Cc1ccc(O)cc1)C(=O)N[C@@H](Cc1ccccc1)C(=O)C[C@@H](C)C(N)=O. The zero-order chi connectivity index (χ0) is 48.6. The zero-order valence-electron chi connectivity index (χ0n) is 39.4. The number of Topliss-reactive ketones (excluding diaryl/α,β-unsaturated/α-hetero) is 3. The third-order valence-corrected chi connectivity index (χ3v) is 11.4. The Labute approximate surface area is 385 Å². The van der Waals surface area contributed by atoms with Crippen molar-refractivity contribution in [1.29, 1.82) is 0 Å². The molecule has 16 heteroatoms. The fraction of sp³-hybridized carbons (Fsp3) is 0.592. The number of benzene rings is 2. The molecule has 0 aromatic heterocycles. The van der Waals surface area contributed by atoms with Crippen LogP contribution in [-0.4, -0.2) is 83.3 Å². The van der Waals surface area contributed by atoms with Crippen LogP contribution in [0.15, 0.2) is 59.6 Å². The summed E-state index contributed by atoms with van der Waals surface area (Å²) < 4.78 is 0. The second-order valence-electron chi connectivity index (χ2n) is 18.3. The first kappa shape index (κ1) is 55.5. The van der Waals surface area contributed by atoms with E-state index in [1.807, 2.05) is 58.0 Å². The molecule has 0 aliphatic heterocycles. The molecule has 0 unspecified atom stereocenters. The molecule has 0 saturated carbocycles. The number of rotatable bonds is 32. The Morgan fingerprint density at radius 1 is 0.569 bits per heavy atom. The number of nitrogens with one attached hydrogen (secondary N) is 3. The minimum Gasteiger partial charge on any atom is -0.508 e. The number of carbonyl (C=O) groups excluding carboxylic acids is 7. The predicted octanol–water partition coefficient (Wildman–Crippen LogP) is 3.77. The number of guanidine groups is 1. The van der Waals surface area contributed by atoms with Gasteiger partial charge in [0.1, 0.15) is 5.75 Å². The van der Waals surface area contributed by atoms with E-state index in [0.29, 0.717) is 45.1 Å². The van der Waals surface area contributed by atoms with Crippen LogP contribution >= 0.6 is 0 Å². The van der Waals surface area contributed by atoms with Gasteiger partial charge in [-0.1, -0.05) is 90.4 Å². The topological polar surface area (TPSA) is 292 Å². The van der Waals surface area contributed by atoms with Crippen molar-refractivity contribution in [1.82, 2.24) is 16.0 Å². The van der Waals surface area contributed by atoms with Gasteiger partial charge in [-0.25, -0.2) is 0 Å². The number of primary amides is 1. The quantitative estimate of drug-likeness (QED) is 0.0297. The molecule has 7 atom stereocenters. The van der Waals surface area contributed by atoms with Crippen LogP contribution in [0.1, 0.15) is 117 Å². The van der Waals surface area contributed by atoms with Crippen molar-refractivity contribution in [2.75, 3.05) is 13.1 Å². The van der Waals surface area contributed by atoms with Crippen LogP contribution in [0.4, 0.5) is 0 Å². The lowest BCUT2D eigenvalue weighted by Crippen LogP contribution is -2.49. The Kier molecular flexibility index (Phi) is 24.8. The van der Waals surface area contributed by atoms with Crippen LogP contribution in [0, 0.1) is 35.5 Å². The average Bonchev–Trinajstić information content (AvgIpc) is 3.24. The molecule has 0 heterocycles. The van der Waals surface area contributed by atoms with Gasteiger partial charge in [0, 0.05) is 49.5 Å². The highest BCUT2D eigenvalue weighted by Gasteiger charge is 2.34. The highest BCUT2D eigenvalue weighted by atomic mass is 16.3. The Hall–Kier alpha value is -5.64. The number of ketones is 3. The van der Waals surface area contributed by atoms with Crippen LogP contribution in [-0.2, 0) is 46.4 Å². The molecule has 2 aromatic rings. The summed E-state index contributed by atoms with van der Waals surface area (Å²) in [6, 6.07) is 12.8. The molecule has 2 aromatic carbocycles. The number of hydrogen-bond donors (Lipinski definition) is 8. The minimum atomic E-state index is -0.980. The molecule has 65 heavy (non-hydrogen) atoms. The summed E-state index contributed by atoms with van der Waals surface area (Å²) in [5, 5.41) is 18.4. The van der Waals surface area contributed by atoms with Gasteiger partial charge in [-0.05, 0) is 93.0 Å². The number of phenolic OH excluding ortho intramolecular Hbond substituents is 1. The summed E-state index contributed by atoms with van der Waals surface area (Å²) in [5.41, 5.74) is 23.9. The van der Waals surface area contributed by atoms with Crippen molar-refractivity contribution >= 4 is 46.9 Å². The van der Waals surface area contributed by atoms with Crippen molar-refractivity contribution in [3.63, 3.8) is 0 Å². The zero-order valence-corrected chi connectivity index (χ0v) is 39.4. The van der Waals surface area contributed by atoms with Crippen LogP contribution in [0.5, 0.6) is 5.75 Å². The molecule has 0 aliphatic rings. The molecule has 16 nitrogen and oxygen atoms in total. The van der Waals surface area contributed by atoms with Gasteiger partial charge in [0.25, 0.3) is 0 Å². The lowest BCUT2D eigenvalue weighted by Gasteiger charge is -2.27. The van der Waals surface area contributed by atoms with E-state index < -0.39 is 59.5 Å². The maximum atomic E-state index is 14.3. The first-order valence-electron chi connectivity index (χ1n) is 23.1. The van der Waals surface area contributed by atoms with E-state index in [2.05, 4.69) is 20.9 Å². The van der Waals surface area contributed by atoms with E-state index in [9.17, 15) is 38.7 Å². The highest BCUT2D eigenvalue weighted by Crippen LogP contribution is 2.23. The summed E-state index contributed by atoms with van der Waals surface area (Å²) in [5.74, 6) is -6.06. The van der Waals surface area contributed by atoms with Gasteiger partial charge >= 0.3 is 0 Å². The fourth-order valence-electron chi connectivity index (χ4n) is 7.65. The van der Waals surface area contributed by atoms with E-state index >= 15 is 0 Å². The smallest absolute Gasteiger partial charge is 0.224 e. The number of nitrogens with two attached hydrogens (primary N) is 4. The predicted molar refractivity (Wildman–Crippen MR) is 253 cm³/mol. The van der Waals surface area contributed by atoms with E-state index in [1.54, 1.807) is 26.0 Å². The lowest BCUT2D eigenvalue weighted by molar-refractivity contribution is -0.136. The van der Waals surface area contributed by atoms with E-state index in [0.717, 1.165) is 11.1 Å².